The summed E-state index contributed by atoms with van der Waals surface area (Å²) in [5.41, 5.74) is 9.91. The molecular weight excluding hydrogens is 831 g/mol. The predicted molar refractivity (Wildman–Crippen MR) is 244 cm³/mol. The van der Waals surface area contributed by atoms with Crippen LogP contribution >= 0.6 is 11.3 Å². The number of aliphatic hydroxyl groups excluding tert-OH is 1. The molecular formula is C49H49N7O7S. The summed E-state index contributed by atoms with van der Waals surface area (Å²) in [7, 11) is 0. The second-order valence-electron chi connectivity index (χ2n) is 16.5. The maximum atomic E-state index is 14.2. The van der Waals surface area contributed by atoms with Gasteiger partial charge in [-0.15, -0.1) is 11.3 Å². The Balaban J connectivity index is 0.790. The molecule has 1 fully saturated rings. The van der Waals surface area contributed by atoms with Crippen LogP contribution in [0.15, 0.2) is 103 Å². The molecule has 14 nitrogen and oxygen atoms in total. The van der Waals surface area contributed by atoms with Crippen LogP contribution in [0.4, 0.5) is 0 Å². The fraction of sp³-hybridized carbons (Fsp3) is 0.306. The Hall–Kier alpha value is -6.68. The number of benzene rings is 3. The average Bonchev–Trinajstić information content (AvgIpc) is 4.09. The van der Waals surface area contributed by atoms with Gasteiger partial charge in [0, 0.05) is 89.2 Å². The SMILES string of the molecule is Cc1ncsc1-c1ccc(CNC(=O)[C@@H]2C[C@@H](O)CN2C(=O)C(C(C)C)N2Cc3ccccc3C2=O)c(OCCOCCOc2ccc(-c3ccc4c(c3)[nH]c3ccncc34)cn2)c1. The zero-order valence-corrected chi connectivity index (χ0v) is 36.6. The van der Waals surface area contributed by atoms with Gasteiger partial charge >= 0.3 is 0 Å². The van der Waals surface area contributed by atoms with Gasteiger partial charge in [-0.1, -0.05) is 56.3 Å². The van der Waals surface area contributed by atoms with E-state index in [1.165, 1.54) is 16.2 Å². The molecule has 1 unspecified atom stereocenters. The number of rotatable bonds is 16. The lowest BCUT2D eigenvalue weighted by atomic mass is 10.0. The molecule has 64 heavy (non-hydrogen) atoms. The zero-order chi connectivity index (χ0) is 44.3. The molecule has 0 aliphatic carbocycles. The summed E-state index contributed by atoms with van der Waals surface area (Å²) < 4.78 is 18.0. The number of pyridine rings is 2. The maximum absolute atomic E-state index is 14.2. The number of nitrogens with one attached hydrogen (secondary N) is 2. The highest BCUT2D eigenvalue weighted by Crippen LogP contribution is 2.34. The Morgan fingerprint density at radius 2 is 1.72 bits per heavy atom. The topological polar surface area (TPSA) is 172 Å². The van der Waals surface area contributed by atoms with Crippen LogP contribution in [-0.4, -0.2) is 104 Å². The first-order valence-electron chi connectivity index (χ1n) is 21.5. The van der Waals surface area contributed by atoms with Crippen LogP contribution in [0.3, 0.4) is 0 Å². The summed E-state index contributed by atoms with van der Waals surface area (Å²) >= 11 is 1.53. The minimum absolute atomic E-state index is 0.00269. The molecule has 3 aromatic carbocycles. The van der Waals surface area contributed by atoms with Crippen LogP contribution in [-0.2, 0) is 27.4 Å². The molecule has 3 N–H and O–H groups in total. The number of H-pyrrole nitrogens is 1. The van der Waals surface area contributed by atoms with Crippen LogP contribution in [0, 0.1) is 12.8 Å². The van der Waals surface area contributed by atoms with E-state index >= 15 is 0 Å². The van der Waals surface area contributed by atoms with E-state index in [4.69, 9.17) is 14.2 Å². The fourth-order valence-corrected chi connectivity index (χ4v) is 9.49. The molecule has 15 heteroatoms. The number of hydrogen-bond acceptors (Lipinski definition) is 11. The summed E-state index contributed by atoms with van der Waals surface area (Å²) in [4.78, 5) is 62.2. The third-order valence-corrected chi connectivity index (χ3v) is 12.9. The van der Waals surface area contributed by atoms with Crippen molar-refractivity contribution in [2.45, 2.75) is 58.5 Å². The molecule has 6 heterocycles. The number of likely N-dealkylation sites (tertiary alicyclic amines) is 1. The number of aryl methyl sites for hydroxylation is 1. The lowest BCUT2D eigenvalue weighted by molar-refractivity contribution is -0.143. The molecule has 9 rings (SSSR count). The Labute approximate surface area is 374 Å². The van der Waals surface area contributed by atoms with Crippen LogP contribution in [0.2, 0.25) is 0 Å². The number of fused-ring (bicyclic) bond motifs is 4. The minimum atomic E-state index is -0.907. The van der Waals surface area contributed by atoms with Crippen molar-refractivity contribution in [3.63, 3.8) is 0 Å². The number of hydrogen-bond donors (Lipinski definition) is 3. The van der Waals surface area contributed by atoms with E-state index in [1.54, 1.807) is 28.9 Å². The van der Waals surface area contributed by atoms with Gasteiger partial charge in [0.25, 0.3) is 5.91 Å². The van der Waals surface area contributed by atoms with E-state index in [-0.39, 0.29) is 50.5 Å². The summed E-state index contributed by atoms with van der Waals surface area (Å²) in [6, 6.07) is 23.5. The molecule has 0 spiro atoms. The highest BCUT2D eigenvalue weighted by molar-refractivity contribution is 7.13. The highest BCUT2D eigenvalue weighted by Gasteiger charge is 2.45. The largest absolute Gasteiger partial charge is 0.491 e. The van der Waals surface area contributed by atoms with Gasteiger partial charge in [0.2, 0.25) is 17.7 Å². The lowest BCUT2D eigenvalue weighted by Gasteiger charge is -2.35. The smallest absolute Gasteiger partial charge is 0.255 e. The first-order chi connectivity index (χ1) is 31.1. The van der Waals surface area contributed by atoms with Gasteiger partial charge in [-0.3, -0.25) is 19.4 Å². The number of aromatic nitrogens is 4. The Morgan fingerprint density at radius 3 is 2.50 bits per heavy atom. The van der Waals surface area contributed by atoms with Crippen molar-refractivity contribution in [2.24, 2.45) is 5.92 Å². The third-order valence-electron chi connectivity index (χ3n) is 11.9. The predicted octanol–water partition coefficient (Wildman–Crippen LogP) is 6.94. The molecule has 7 aromatic rings. The van der Waals surface area contributed by atoms with Crippen LogP contribution in [0.1, 0.15) is 47.4 Å². The molecule has 3 amide bonds. The number of β-amino-alcohol motifs (C(OH)–C–C–N with tert-alkyl or cyclic N) is 1. The maximum Gasteiger partial charge on any atom is 0.255 e. The van der Waals surface area contributed by atoms with Crippen molar-refractivity contribution in [1.82, 2.24) is 35.1 Å². The first kappa shape index (κ1) is 42.6. The number of ether oxygens (including phenoxy) is 3. The summed E-state index contributed by atoms with van der Waals surface area (Å²) in [6.45, 7) is 7.32. The molecule has 4 aromatic heterocycles. The lowest BCUT2D eigenvalue weighted by Crippen LogP contribution is -2.55. The van der Waals surface area contributed by atoms with E-state index in [2.05, 4.69) is 43.5 Å². The molecule has 0 saturated carbocycles. The number of nitrogens with zero attached hydrogens (tertiary/aromatic N) is 5. The Kier molecular flexibility index (Phi) is 12.4. The molecule has 3 atom stereocenters. The monoisotopic (exact) mass is 879 g/mol. The summed E-state index contributed by atoms with van der Waals surface area (Å²) in [5.74, 6) is -0.113. The standard InChI is InChI=1S/C49H49N7O7S/c1-29(2)45(56-26-35-6-4-5-7-37(35)48(56)59)49(60)55-27-36(57)22-42(55)47(58)52-24-34-9-8-32(46-30(3)53-28-64-46)21-43(34)62-18-16-61-17-19-63-44-13-11-33(23-51-44)31-10-12-38-39-25-50-15-14-40(39)54-41(38)20-31/h4-15,20-21,23,25,28-29,36,42,45,54,57H,16-19,22,24,26-27H2,1-3H3,(H,52,58)/t36-,42+,45?/m1/s1. The van der Waals surface area contributed by atoms with Gasteiger partial charge in [0.1, 0.15) is 31.0 Å². The van der Waals surface area contributed by atoms with E-state index in [0.29, 0.717) is 37.0 Å². The second-order valence-corrected chi connectivity index (χ2v) is 17.3. The van der Waals surface area contributed by atoms with Gasteiger partial charge in [-0.2, -0.15) is 0 Å². The van der Waals surface area contributed by atoms with E-state index in [9.17, 15) is 19.5 Å². The van der Waals surface area contributed by atoms with Crippen molar-refractivity contribution in [3.05, 3.63) is 125 Å². The van der Waals surface area contributed by atoms with Crippen molar-refractivity contribution in [2.75, 3.05) is 33.0 Å². The van der Waals surface area contributed by atoms with Gasteiger partial charge < -0.3 is 39.4 Å². The number of amides is 3. The zero-order valence-electron chi connectivity index (χ0n) is 35.8. The Morgan fingerprint density at radius 1 is 0.906 bits per heavy atom. The van der Waals surface area contributed by atoms with Crippen LogP contribution in [0.25, 0.3) is 43.4 Å². The highest BCUT2D eigenvalue weighted by atomic mass is 32.1. The van der Waals surface area contributed by atoms with Gasteiger partial charge in [-0.25, -0.2) is 9.97 Å². The number of aromatic amines is 1. The summed E-state index contributed by atoms with van der Waals surface area (Å²) in [6.07, 6.45) is 4.66. The number of aliphatic hydroxyl groups is 1. The van der Waals surface area contributed by atoms with Gasteiger partial charge in [0.15, 0.2) is 0 Å². The molecule has 0 bridgehead atoms. The fourth-order valence-electron chi connectivity index (χ4n) is 8.69. The van der Waals surface area contributed by atoms with E-state index in [1.807, 2.05) is 81.6 Å². The van der Waals surface area contributed by atoms with Crippen molar-refractivity contribution >= 4 is 50.9 Å². The van der Waals surface area contributed by atoms with Crippen LogP contribution in [0.5, 0.6) is 11.6 Å². The number of thiazole rings is 1. The van der Waals surface area contributed by atoms with E-state index < -0.39 is 24.1 Å². The van der Waals surface area contributed by atoms with E-state index in [0.717, 1.165) is 60.2 Å². The van der Waals surface area contributed by atoms with Crippen molar-refractivity contribution in [1.29, 1.82) is 0 Å². The number of carbonyl (C=O) groups is 3. The molecule has 2 aliphatic heterocycles. The van der Waals surface area contributed by atoms with Crippen LogP contribution < -0.4 is 14.8 Å². The first-order valence-corrected chi connectivity index (χ1v) is 22.3. The minimum Gasteiger partial charge on any atom is -0.491 e. The molecule has 0 radical (unpaired) electrons. The Bertz CT molecular complexity index is 2820. The quantitative estimate of drug-likeness (QED) is 0.0864. The second kappa shape index (κ2) is 18.6. The van der Waals surface area contributed by atoms with Gasteiger partial charge in [-0.05, 0) is 59.9 Å². The normalized spacial score (nSPS) is 16.5. The molecule has 328 valence electrons. The average molecular weight is 880 g/mol. The summed E-state index contributed by atoms with van der Waals surface area (Å²) in [5, 5.41) is 16.0. The van der Waals surface area contributed by atoms with Crippen molar-refractivity contribution < 1.29 is 33.7 Å². The molecule has 1 saturated heterocycles. The van der Waals surface area contributed by atoms with Gasteiger partial charge in [0.05, 0.1) is 35.4 Å². The third kappa shape index (κ3) is 8.78. The van der Waals surface area contributed by atoms with Crippen molar-refractivity contribution in [3.8, 4) is 33.2 Å². The number of carbonyl (C=O) groups excluding carboxylic acids is 3. The molecule has 2 aliphatic rings.